The Hall–Kier alpha value is -3.17. The van der Waals surface area contributed by atoms with Crippen LogP contribution < -0.4 is 16.0 Å². The summed E-state index contributed by atoms with van der Waals surface area (Å²) in [4.78, 5) is 29.3. The van der Waals surface area contributed by atoms with Gasteiger partial charge in [-0.05, 0) is 37.1 Å². The molecule has 3 aromatic rings. The summed E-state index contributed by atoms with van der Waals surface area (Å²) in [5.41, 5.74) is 1.79. The van der Waals surface area contributed by atoms with E-state index in [0.29, 0.717) is 46.6 Å². The number of anilines is 2. The number of pyridine rings is 2. The van der Waals surface area contributed by atoms with Gasteiger partial charge in [-0.15, -0.1) is 0 Å². The van der Waals surface area contributed by atoms with Crippen LogP contribution in [0.1, 0.15) is 18.4 Å². The van der Waals surface area contributed by atoms with Crippen molar-refractivity contribution in [3.63, 3.8) is 0 Å². The molecule has 3 N–H and O–H groups in total. The summed E-state index contributed by atoms with van der Waals surface area (Å²) in [7, 11) is 0. The highest BCUT2D eigenvalue weighted by molar-refractivity contribution is 6.33. The average molecular weight is 442 g/mol. The lowest BCUT2D eigenvalue weighted by Crippen LogP contribution is -2.37. The molecule has 4 rings (SSSR count). The summed E-state index contributed by atoms with van der Waals surface area (Å²) in [5.74, 6) is 0.341. The number of carbonyl (C=O) groups excluding carboxylic acids is 1. The fourth-order valence-corrected chi connectivity index (χ4v) is 3.53. The molecule has 1 atom stereocenters. The van der Waals surface area contributed by atoms with Crippen LogP contribution in [0.2, 0.25) is 5.02 Å². The smallest absolute Gasteiger partial charge is 0.229 e. The number of nitrogens with zero attached hydrogens (tertiary/aromatic N) is 4. The number of amides is 1. The van der Waals surface area contributed by atoms with E-state index in [0.717, 1.165) is 25.6 Å². The fourth-order valence-electron chi connectivity index (χ4n) is 3.33. The molecule has 1 fully saturated rings. The zero-order valence-electron chi connectivity index (χ0n) is 16.6. The molecule has 0 bridgehead atoms. The van der Waals surface area contributed by atoms with Crippen LogP contribution in [0.3, 0.4) is 0 Å². The van der Waals surface area contributed by atoms with E-state index < -0.39 is 5.82 Å². The molecule has 1 saturated heterocycles. The van der Waals surface area contributed by atoms with Gasteiger partial charge in [-0.25, -0.2) is 14.4 Å². The Kier molecular flexibility index (Phi) is 6.63. The van der Waals surface area contributed by atoms with Crippen molar-refractivity contribution in [3.05, 3.63) is 59.5 Å². The van der Waals surface area contributed by atoms with E-state index in [1.807, 2.05) is 0 Å². The van der Waals surface area contributed by atoms with Crippen molar-refractivity contribution in [3.8, 4) is 11.3 Å². The number of nitrogens with one attached hydrogen (secondary N) is 3. The molecule has 31 heavy (non-hydrogen) atoms. The van der Waals surface area contributed by atoms with E-state index in [-0.39, 0.29) is 11.8 Å². The van der Waals surface area contributed by atoms with E-state index in [9.17, 15) is 9.18 Å². The quantitative estimate of drug-likeness (QED) is 0.539. The number of aromatic nitrogens is 4. The minimum absolute atomic E-state index is 0.0711. The first-order valence-corrected chi connectivity index (χ1v) is 10.3. The van der Waals surface area contributed by atoms with E-state index in [1.165, 1.54) is 12.3 Å². The van der Waals surface area contributed by atoms with Gasteiger partial charge in [0.2, 0.25) is 5.91 Å². The summed E-state index contributed by atoms with van der Waals surface area (Å²) >= 11 is 6.34. The second-order valence-corrected chi connectivity index (χ2v) is 7.64. The minimum Gasteiger partial charge on any atom is -0.365 e. The van der Waals surface area contributed by atoms with E-state index in [1.54, 1.807) is 24.7 Å². The van der Waals surface area contributed by atoms with Gasteiger partial charge in [0.25, 0.3) is 0 Å². The second kappa shape index (κ2) is 9.76. The van der Waals surface area contributed by atoms with E-state index >= 15 is 0 Å². The molecule has 0 aromatic carbocycles. The van der Waals surface area contributed by atoms with Crippen LogP contribution >= 0.6 is 11.6 Å². The molecule has 1 unspecified atom stereocenters. The minimum atomic E-state index is -0.402. The van der Waals surface area contributed by atoms with Crippen LogP contribution in [0.5, 0.6) is 0 Å². The third-order valence-electron chi connectivity index (χ3n) is 4.92. The topological polar surface area (TPSA) is 105 Å². The first-order valence-electron chi connectivity index (χ1n) is 9.91. The summed E-state index contributed by atoms with van der Waals surface area (Å²) in [6.45, 7) is 1.93. The lowest BCUT2D eigenvalue weighted by Gasteiger charge is -2.21. The molecule has 3 aromatic heterocycles. The molecule has 1 aliphatic heterocycles. The van der Waals surface area contributed by atoms with E-state index in [2.05, 4.69) is 35.9 Å². The summed E-state index contributed by atoms with van der Waals surface area (Å²) < 4.78 is 13.3. The van der Waals surface area contributed by atoms with Gasteiger partial charge in [0, 0.05) is 31.0 Å². The normalized spacial score (nSPS) is 16.0. The molecular weight excluding hydrogens is 421 g/mol. The van der Waals surface area contributed by atoms with Gasteiger partial charge >= 0.3 is 0 Å². The maximum Gasteiger partial charge on any atom is 0.229 e. The van der Waals surface area contributed by atoms with Gasteiger partial charge < -0.3 is 16.0 Å². The van der Waals surface area contributed by atoms with Crippen LogP contribution in [-0.4, -0.2) is 38.9 Å². The summed E-state index contributed by atoms with van der Waals surface area (Å²) in [6, 6.07) is 3.08. The molecule has 0 spiro atoms. The predicted octanol–water partition coefficient (Wildman–Crippen LogP) is 3.28. The van der Waals surface area contributed by atoms with Crippen molar-refractivity contribution in [2.45, 2.75) is 19.4 Å². The van der Waals surface area contributed by atoms with E-state index in [4.69, 9.17) is 11.6 Å². The van der Waals surface area contributed by atoms with Crippen LogP contribution in [-0.2, 0) is 11.3 Å². The van der Waals surface area contributed by atoms with Gasteiger partial charge in [0.05, 0.1) is 35.2 Å². The molecule has 0 radical (unpaired) electrons. The third-order valence-corrected chi connectivity index (χ3v) is 5.22. The van der Waals surface area contributed by atoms with Crippen molar-refractivity contribution < 1.29 is 9.18 Å². The summed E-state index contributed by atoms with van der Waals surface area (Å²) in [6.07, 6.45) is 9.15. The molecule has 0 aliphatic carbocycles. The Labute approximate surface area is 183 Å². The van der Waals surface area contributed by atoms with Crippen molar-refractivity contribution in [2.24, 2.45) is 5.92 Å². The Balaban J connectivity index is 1.48. The van der Waals surface area contributed by atoms with Gasteiger partial charge in [-0.1, -0.05) is 11.6 Å². The Morgan fingerprint density at radius 1 is 1.16 bits per heavy atom. The zero-order chi connectivity index (χ0) is 21.6. The SMILES string of the molecule is O=C(Nc1cc(-c2cncc(NCc3cncc(F)c3)n2)c(Cl)cn1)C1CCCNC1. The number of halogens is 2. The lowest BCUT2D eigenvalue weighted by molar-refractivity contribution is -0.120. The van der Waals surface area contributed by atoms with Crippen LogP contribution in [0.4, 0.5) is 16.0 Å². The second-order valence-electron chi connectivity index (χ2n) is 7.24. The molecule has 8 nitrogen and oxygen atoms in total. The standard InChI is InChI=1S/C21H21ClFN7O/c22-17-10-28-19(30-21(31)14-2-1-3-24-8-14)5-16(17)18-11-26-12-20(29-18)27-7-13-4-15(23)9-25-6-13/h4-6,9-12,14,24H,1-3,7-8H2,(H,27,29)(H,28,30,31). The number of piperidine rings is 1. The number of hydrogen-bond donors (Lipinski definition) is 3. The van der Waals surface area contributed by atoms with Crippen LogP contribution in [0.25, 0.3) is 11.3 Å². The van der Waals surface area contributed by atoms with Crippen LogP contribution in [0.15, 0.2) is 43.1 Å². The van der Waals surface area contributed by atoms with Gasteiger partial charge in [-0.2, -0.15) is 0 Å². The third kappa shape index (κ3) is 5.50. The molecule has 4 heterocycles. The zero-order valence-corrected chi connectivity index (χ0v) is 17.4. The highest BCUT2D eigenvalue weighted by Gasteiger charge is 2.21. The molecule has 1 amide bonds. The lowest BCUT2D eigenvalue weighted by atomic mass is 9.99. The average Bonchev–Trinajstić information content (AvgIpc) is 2.80. The van der Waals surface area contributed by atoms with Gasteiger partial charge in [0.1, 0.15) is 17.5 Å². The Bertz CT molecular complexity index is 1080. The van der Waals surface area contributed by atoms with Gasteiger partial charge in [0.15, 0.2) is 0 Å². The molecule has 10 heteroatoms. The molecular formula is C21H21ClFN7O. The molecule has 1 aliphatic rings. The van der Waals surface area contributed by atoms with Gasteiger partial charge in [-0.3, -0.25) is 14.8 Å². The molecule has 160 valence electrons. The number of hydrogen-bond acceptors (Lipinski definition) is 7. The highest BCUT2D eigenvalue weighted by Crippen LogP contribution is 2.28. The fraction of sp³-hybridized carbons (Fsp3) is 0.286. The predicted molar refractivity (Wildman–Crippen MR) is 116 cm³/mol. The largest absolute Gasteiger partial charge is 0.365 e. The Morgan fingerprint density at radius 2 is 2.03 bits per heavy atom. The van der Waals surface area contributed by atoms with Crippen molar-refractivity contribution in [2.75, 3.05) is 23.7 Å². The maximum atomic E-state index is 13.3. The number of rotatable bonds is 6. The highest BCUT2D eigenvalue weighted by atomic mass is 35.5. The molecule has 0 saturated carbocycles. The summed E-state index contributed by atoms with van der Waals surface area (Å²) in [5, 5.41) is 9.57. The first kappa shape index (κ1) is 21.1. The number of carbonyl (C=O) groups is 1. The first-order chi connectivity index (χ1) is 15.1. The Morgan fingerprint density at radius 3 is 2.84 bits per heavy atom. The van der Waals surface area contributed by atoms with Crippen LogP contribution in [0, 0.1) is 11.7 Å². The monoisotopic (exact) mass is 441 g/mol. The van der Waals surface area contributed by atoms with Crippen molar-refractivity contribution in [1.82, 2.24) is 25.3 Å². The van der Waals surface area contributed by atoms with Crippen molar-refractivity contribution >= 4 is 29.1 Å². The van der Waals surface area contributed by atoms with Crippen molar-refractivity contribution in [1.29, 1.82) is 0 Å². The maximum absolute atomic E-state index is 13.3.